The predicted molar refractivity (Wildman–Crippen MR) is 93.7 cm³/mol. The molecule has 0 saturated heterocycles. The molecule has 0 spiro atoms. The number of thiazole rings is 1. The van der Waals surface area contributed by atoms with Crippen LogP contribution in [0.2, 0.25) is 0 Å². The standard InChI is InChI=1S/C17H22N2OS2/c1-11-6-8-13(9-7-11)19(3)17(20)15-12(2)18-16(22-15)14-5-4-10-21-14/h4-5,10-11,13H,6-9H2,1-3H3. The smallest absolute Gasteiger partial charge is 0.265 e. The Morgan fingerprint density at radius 1 is 1.32 bits per heavy atom. The van der Waals surface area contributed by atoms with Gasteiger partial charge in [0.1, 0.15) is 9.88 Å². The van der Waals surface area contributed by atoms with Crippen molar-refractivity contribution in [2.75, 3.05) is 7.05 Å². The number of rotatable bonds is 3. The minimum absolute atomic E-state index is 0.136. The molecule has 0 atom stereocenters. The normalized spacial score (nSPS) is 21.8. The van der Waals surface area contributed by atoms with Gasteiger partial charge in [-0.3, -0.25) is 4.79 Å². The van der Waals surface area contributed by atoms with E-state index < -0.39 is 0 Å². The number of carbonyl (C=O) groups excluding carboxylic acids is 1. The molecule has 0 bridgehead atoms. The van der Waals surface area contributed by atoms with Crippen molar-refractivity contribution in [2.24, 2.45) is 5.92 Å². The minimum atomic E-state index is 0.136. The number of carbonyl (C=O) groups is 1. The summed E-state index contributed by atoms with van der Waals surface area (Å²) in [4.78, 5) is 21.3. The zero-order valence-corrected chi connectivity index (χ0v) is 15.0. The molecule has 5 heteroatoms. The van der Waals surface area contributed by atoms with Crippen LogP contribution in [0.25, 0.3) is 9.88 Å². The van der Waals surface area contributed by atoms with Crippen LogP contribution in [0.5, 0.6) is 0 Å². The van der Waals surface area contributed by atoms with Gasteiger partial charge in [0, 0.05) is 13.1 Å². The third-order valence-electron chi connectivity index (χ3n) is 4.58. The second-order valence-corrected chi connectivity index (χ2v) is 8.19. The molecule has 0 aromatic carbocycles. The molecule has 118 valence electrons. The summed E-state index contributed by atoms with van der Waals surface area (Å²) in [5.41, 5.74) is 0.856. The van der Waals surface area contributed by atoms with Crippen LogP contribution >= 0.6 is 22.7 Å². The van der Waals surface area contributed by atoms with Crippen LogP contribution < -0.4 is 0 Å². The summed E-state index contributed by atoms with van der Waals surface area (Å²) in [7, 11) is 1.95. The fourth-order valence-corrected chi connectivity index (χ4v) is 4.90. The minimum Gasteiger partial charge on any atom is -0.338 e. The second kappa shape index (κ2) is 6.50. The second-order valence-electron chi connectivity index (χ2n) is 6.24. The Labute approximate surface area is 140 Å². The molecule has 1 saturated carbocycles. The van der Waals surface area contributed by atoms with Crippen LogP contribution in [0, 0.1) is 12.8 Å². The van der Waals surface area contributed by atoms with E-state index in [0.29, 0.717) is 6.04 Å². The number of thiophene rings is 1. The molecule has 0 N–H and O–H groups in total. The van der Waals surface area contributed by atoms with Crippen LogP contribution in [0.4, 0.5) is 0 Å². The Bertz CT molecular complexity index is 640. The first-order valence-electron chi connectivity index (χ1n) is 7.84. The maximum atomic E-state index is 12.8. The highest BCUT2D eigenvalue weighted by Crippen LogP contribution is 2.33. The molecular formula is C17H22N2OS2. The maximum Gasteiger partial charge on any atom is 0.265 e. The summed E-state index contributed by atoms with van der Waals surface area (Å²) >= 11 is 3.20. The van der Waals surface area contributed by atoms with E-state index in [9.17, 15) is 4.79 Å². The van der Waals surface area contributed by atoms with Gasteiger partial charge in [0.05, 0.1) is 10.6 Å². The van der Waals surface area contributed by atoms with Crippen LogP contribution in [0.15, 0.2) is 17.5 Å². The molecule has 3 nitrogen and oxygen atoms in total. The van der Waals surface area contributed by atoms with Crippen molar-refractivity contribution in [3.8, 4) is 9.88 Å². The van der Waals surface area contributed by atoms with Gasteiger partial charge in [-0.15, -0.1) is 22.7 Å². The predicted octanol–water partition coefficient (Wildman–Crippen LogP) is 4.83. The topological polar surface area (TPSA) is 33.2 Å². The number of amides is 1. The van der Waals surface area contributed by atoms with E-state index in [2.05, 4.69) is 18.0 Å². The number of aromatic nitrogens is 1. The monoisotopic (exact) mass is 334 g/mol. The lowest BCUT2D eigenvalue weighted by atomic mass is 9.87. The molecule has 2 heterocycles. The average molecular weight is 335 g/mol. The third kappa shape index (κ3) is 3.10. The van der Waals surface area contributed by atoms with Crippen molar-refractivity contribution in [2.45, 2.75) is 45.6 Å². The average Bonchev–Trinajstić information content (AvgIpc) is 3.16. The lowest BCUT2D eigenvalue weighted by molar-refractivity contribution is 0.0683. The summed E-state index contributed by atoms with van der Waals surface area (Å²) in [5, 5.41) is 3.00. The number of hydrogen-bond donors (Lipinski definition) is 0. The molecule has 1 fully saturated rings. The lowest BCUT2D eigenvalue weighted by Crippen LogP contribution is -2.39. The fraction of sp³-hybridized carbons (Fsp3) is 0.529. The maximum absolute atomic E-state index is 12.8. The molecule has 2 aromatic heterocycles. The quantitative estimate of drug-likeness (QED) is 0.805. The lowest BCUT2D eigenvalue weighted by Gasteiger charge is -2.33. The molecule has 3 rings (SSSR count). The van der Waals surface area contributed by atoms with Gasteiger partial charge in [-0.2, -0.15) is 0 Å². The van der Waals surface area contributed by atoms with Gasteiger partial charge in [0.15, 0.2) is 0 Å². The van der Waals surface area contributed by atoms with E-state index in [-0.39, 0.29) is 5.91 Å². The van der Waals surface area contributed by atoms with E-state index in [1.54, 1.807) is 11.3 Å². The number of hydrogen-bond acceptors (Lipinski definition) is 4. The molecular weight excluding hydrogens is 312 g/mol. The molecule has 1 amide bonds. The van der Waals surface area contributed by atoms with Crippen LogP contribution in [0.1, 0.15) is 48.0 Å². The van der Waals surface area contributed by atoms with E-state index in [1.807, 2.05) is 30.3 Å². The largest absolute Gasteiger partial charge is 0.338 e. The van der Waals surface area contributed by atoms with Crippen LogP contribution in [0.3, 0.4) is 0 Å². The summed E-state index contributed by atoms with van der Waals surface area (Å²) in [6.45, 7) is 4.25. The zero-order chi connectivity index (χ0) is 15.7. The molecule has 1 aliphatic rings. The molecule has 22 heavy (non-hydrogen) atoms. The summed E-state index contributed by atoms with van der Waals surface area (Å²) < 4.78 is 0. The van der Waals surface area contributed by atoms with Gasteiger partial charge in [-0.25, -0.2) is 4.98 Å². The third-order valence-corrected chi connectivity index (χ3v) is 6.76. The van der Waals surface area contributed by atoms with Crippen molar-refractivity contribution < 1.29 is 4.79 Å². The Kier molecular flexibility index (Phi) is 4.64. The van der Waals surface area contributed by atoms with Crippen molar-refractivity contribution in [1.82, 2.24) is 9.88 Å². The van der Waals surface area contributed by atoms with E-state index in [4.69, 9.17) is 0 Å². The van der Waals surface area contributed by atoms with Crippen molar-refractivity contribution in [3.63, 3.8) is 0 Å². The summed E-state index contributed by atoms with van der Waals surface area (Å²) in [6.07, 6.45) is 4.70. The van der Waals surface area contributed by atoms with Crippen molar-refractivity contribution in [1.29, 1.82) is 0 Å². The van der Waals surface area contributed by atoms with Gasteiger partial charge in [-0.05, 0) is 50.0 Å². The summed E-state index contributed by atoms with van der Waals surface area (Å²) in [5.74, 6) is 0.938. The fourth-order valence-electron chi connectivity index (χ4n) is 3.06. The molecule has 0 radical (unpaired) electrons. The highest BCUT2D eigenvalue weighted by molar-refractivity contribution is 7.22. The van der Waals surface area contributed by atoms with Gasteiger partial charge >= 0.3 is 0 Å². The van der Waals surface area contributed by atoms with Crippen LogP contribution in [-0.2, 0) is 0 Å². The first-order chi connectivity index (χ1) is 10.6. The Balaban J connectivity index is 1.77. The van der Waals surface area contributed by atoms with Gasteiger partial charge in [-0.1, -0.05) is 13.0 Å². The first-order valence-corrected chi connectivity index (χ1v) is 9.54. The van der Waals surface area contributed by atoms with Gasteiger partial charge < -0.3 is 4.90 Å². The van der Waals surface area contributed by atoms with Crippen LogP contribution in [-0.4, -0.2) is 28.9 Å². The Hall–Kier alpha value is -1.20. The van der Waals surface area contributed by atoms with E-state index in [1.165, 1.54) is 24.2 Å². The van der Waals surface area contributed by atoms with Crippen molar-refractivity contribution in [3.05, 3.63) is 28.1 Å². The molecule has 2 aromatic rings. The molecule has 0 aliphatic heterocycles. The molecule has 0 unspecified atom stereocenters. The number of nitrogens with zero attached hydrogens (tertiary/aromatic N) is 2. The molecule has 1 aliphatic carbocycles. The highest BCUT2D eigenvalue weighted by atomic mass is 32.1. The zero-order valence-electron chi connectivity index (χ0n) is 13.3. The first kappa shape index (κ1) is 15.7. The van der Waals surface area contributed by atoms with Gasteiger partial charge in [0.2, 0.25) is 0 Å². The Morgan fingerprint density at radius 2 is 2.05 bits per heavy atom. The highest BCUT2D eigenvalue weighted by Gasteiger charge is 2.27. The number of aryl methyl sites for hydroxylation is 1. The SMILES string of the molecule is Cc1nc(-c2cccs2)sc1C(=O)N(C)C1CCC(C)CC1. The van der Waals surface area contributed by atoms with E-state index >= 15 is 0 Å². The Morgan fingerprint density at radius 3 is 2.68 bits per heavy atom. The van der Waals surface area contributed by atoms with Crippen molar-refractivity contribution >= 4 is 28.6 Å². The van der Waals surface area contributed by atoms with Gasteiger partial charge in [0.25, 0.3) is 5.91 Å². The van der Waals surface area contributed by atoms with E-state index in [0.717, 1.165) is 39.2 Å². The summed E-state index contributed by atoms with van der Waals surface area (Å²) in [6, 6.07) is 4.46.